The van der Waals surface area contributed by atoms with E-state index in [0.717, 1.165) is 18.4 Å². The quantitative estimate of drug-likeness (QED) is 0.767. The van der Waals surface area contributed by atoms with E-state index in [9.17, 15) is 4.79 Å². The molecule has 0 amide bonds. The maximum Gasteiger partial charge on any atom is 0.137 e. The molecule has 20 heavy (non-hydrogen) atoms. The van der Waals surface area contributed by atoms with Crippen LogP contribution in [-0.4, -0.2) is 12.3 Å². The molecule has 0 heterocycles. The van der Waals surface area contributed by atoms with Crippen LogP contribution in [0.5, 0.6) is 0 Å². The number of ketones is 1. The van der Waals surface area contributed by atoms with Gasteiger partial charge >= 0.3 is 0 Å². The normalized spacial score (nSPS) is 12.7. The molecule has 0 bridgehead atoms. The van der Waals surface area contributed by atoms with Crippen molar-refractivity contribution >= 4 is 29.0 Å². The molecule has 0 fully saturated rings. The molecule has 1 atom stereocenters. The molecular formula is C16H23Cl2NO. The second-order valence-electron chi connectivity index (χ2n) is 5.57. The number of rotatable bonds is 8. The fraction of sp³-hybridized carbons (Fsp3) is 0.562. The van der Waals surface area contributed by atoms with Gasteiger partial charge in [0.05, 0.1) is 0 Å². The first-order valence-electron chi connectivity index (χ1n) is 7.09. The highest BCUT2D eigenvalue weighted by molar-refractivity contribution is 6.35. The highest BCUT2D eigenvalue weighted by atomic mass is 35.5. The lowest BCUT2D eigenvalue weighted by atomic mass is 9.87. The van der Waals surface area contributed by atoms with Gasteiger partial charge in [0.2, 0.25) is 0 Å². The highest BCUT2D eigenvalue weighted by Crippen LogP contribution is 2.24. The van der Waals surface area contributed by atoms with Crippen LogP contribution in [0, 0.1) is 11.8 Å². The maximum atomic E-state index is 12.1. The van der Waals surface area contributed by atoms with E-state index in [0.29, 0.717) is 41.3 Å². The molecule has 1 aromatic rings. The molecule has 2 N–H and O–H groups in total. The molecule has 1 aromatic carbocycles. The molecule has 0 aliphatic rings. The molecular weight excluding hydrogens is 293 g/mol. The maximum absolute atomic E-state index is 12.1. The third kappa shape index (κ3) is 5.82. The third-order valence-corrected chi connectivity index (χ3v) is 4.26. The highest BCUT2D eigenvalue weighted by Gasteiger charge is 2.15. The van der Waals surface area contributed by atoms with E-state index in [1.54, 1.807) is 12.1 Å². The number of benzene rings is 1. The third-order valence-electron chi connectivity index (χ3n) is 3.68. The first-order chi connectivity index (χ1) is 9.43. The van der Waals surface area contributed by atoms with Gasteiger partial charge in [0.25, 0.3) is 0 Å². The van der Waals surface area contributed by atoms with E-state index < -0.39 is 0 Å². The zero-order chi connectivity index (χ0) is 15.1. The molecule has 2 nitrogen and oxygen atoms in total. The van der Waals surface area contributed by atoms with E-state index in [2.05, 4.69) is 13.8 Å². The minimum atomic E-state index is 0.219. The van der Waals surface area contributed by atoms with Crippen LogP contribution < -0.4 is 5.73 Å². The standard InChI is InChI=1S/C16H23Cl2NO/c1-11(2)12(7-8-19)4-6-15(20)9-13-3-5-14(17)10-16(13)18/h3,5,10-12H,4,6-9,19H2,1-2H3. The van der Waals surface area contributed by atoms with Gasteiger partial charge in [-0.1, -0.05) is 43.1 Å². The Bertz CT molecular complexity index is 446. The second-order valence-corrected chi connectivity index (χ2v) is 6.41. The van der Waals surface area contributed by atoms with E-state index >= 15 is 0 Å². The average molecular weight is 316 g/mol. The van der Waals surface area contributed by atoms with Gasteiger partial charge in [0, 0.05) is 22.9 Å². The summed E-state index contributed by atoms with van der Waals surface area (Å²) >= 11 is 11.9. The average Bonchev–Trinajstić information content (AvgIpc) is 2.37. The van der Waals surface area contributed by atoms with E-state index in [1.165, 1.54) is 0 Å². The van der Waals surface area contributed by atoms with Crippen LogP contribution in [0.3, 0.4) is 0 Å². The summed E-state index contributed by atoms with van der Waals surface area (Å²) in [5.41, 5.74) is 6.46. The lowest BCUT2D eigenvalue weighted by Crippen LogP contribution is -2.16. The van der Waals surface area contributed by atoms with Crippen LogP contribution in [0.4, 0.5) is 0 Å². The first kappa shape index (κ1) is 17.5. The van der Waals surface area contributed by atoms with Crippen LogP contribution in [0.15, 0.2) is 18.2 Å². The van der Waals surface area contributed by atoms with Gasteiger partial charge in [-0.2, -0.15) is 0 Å². The first-order valence-corrected chi connectivity index (χ1v) is 7.85. The largest absolute Gasteiger partial charge is 0.330 e. The summed E-state index contributed by atoms with van der Waals surface area (Å²) in [4.78, 5) is 12.1. The lowest BCUT2D eigenvalue weighted by Gasteiger charge is -2.19. The van der Waals surface area contributed by atoms with Crippen molar-refractivity contribution in [1.82, 2.24) is 0 Å². The summed E-state index contributed by atoms with van der Waals surface area (Å²) in [6.07, 6.45) is 2.84. The summed E-state index contributed by atoms with van der Waals surface area (Å²) in [5.74, 6) is 1.30. The van der Waals surface area contributed by atoms with E-state index in [1.807, 2.05) is 6.07 Å². The van der Waals surface area contributed by atoms with Crippen molar-refractivity contribution < 1.29 is 4.79 Å². The van der Waals surface area contributed by atoms with Crippen LogP contribution in [-0.2, 0) is 11.2 Å². The van der Waals surface area contributed by atoms with Gasteiger partial charge < -0.3 is 5.73 Å². The molecule has 4 heteroatoms. The molecule has 0 aliphatic carbocycles. The zero-order valence-corrected chi connectivity index (χ0v) is 13.7. The minimum Gasteiger partial charge on any atom is -0.330 e. The monoisotopic (exact) mass is 315 g/mol. The Morgan fingerprint density at radius 1 is 1.25 bits per heavy atom. The van der Waals surface area contributed by atoms with Crippen molar-refractivity contribution in [1.29, 1.82) is 0 Å². The fourth-order valence-corrected chi connectivity index (χ4v) is 2.81. The molecule has 0 saturated heterocycles. The number of Topliss-reactive ketones (excluding diaryl/α,β-unsaturated/α-hetero) is 1. The van der Waals surface area contributed by atoms with Gasteiger partial charge in [0.1, 0.15) is 5.78 Å². The van der Waals surface area contributed by atoms with Gasteiger partial charge in [-0.05, 0) is 48.9 Å². The number of carbonyl (C=O) groups excluding carboxylic acids is 1. The van der Waals surface area contributed by atoms with Crippen molar-refractivity contribution in [3.05, 3.63) is 33.8 Å². The van der Waals surface area contributed by atoms with Crippen LogP contribution in [0.25, 0.3) is 0 Å². The number of carbonyl (C=O) groups is 1. The van der Waals surface area contributed by atoms with Gasteiger partial charge in [-0.25, -0.2) is 0 Å². The van der Waals surface area contributed by atoms with Crippen LogP contribution >= 0.6 is 23.2 Å². The summed E-state index contributed by atoms with van der Waals surface area (Å²) < 4.78 is 0. The SMILES string of the molecule is CC(C)C(CCN)CCC(=O)Cc1ccc(Cl)cc1Cl. The Morgan fingerprint density at radius 2 is 1.95 bits per heavy atom. The molecule has 0 spiro atoms. The zero-order valence-electron chi connectivity index (χ0n) is 12.2. The predicted octanol–water partition coefficient (Wildman–Crippen LogP) is 4.51. The Hall–Kier alpha value is -0.570. The molecule has 112 valence electrons. The molecule has 0 saturated carbocycles. The Kier molecular flexibility index (Phi) is 7.57. The number of halogens is 2. The lowest BCUT2D eigenvalue weighted by molar-refractivity contribution is -0.118. The summed E-state index contributed by atoms with van der Waals surface area (Å²) in [7, 11) is 0. The topological polar surface area (TPSA) is 43.1 Å². The molecule has 0 aliphatic heterocycles. The van der Waals surface area contributed by atoms with Crippen LogP contribution in [0.2, 0.25) is 10.0 Å². The van der Waals surface area contributed by atoms with Gasteiger partial charge in [-0.3, -0.25) is 4.79 Å². The summed E-state index contributed by atoms with van der Waals surface area (Å²) in [6, 6.07) is 5.26. The number of hydrogen-bond donors (Lipinski definition) is 1. The summed E-state index contributed by atoms with van der Waals surface area (Å²) in [6.45, 7) is 5.04. The van der Waals surface area contributed by atoms with E-state index in [-0.39, 0.29) is 5.78 Å². The second kappa shape index (κ2) is 8.66. The predicted molar refractivity (Wildman–Crippen MR) is 86.4 cm³/mol. The van der Waals surface area contributed by atoms with Crippen molar-refractivity contribution in [2.24, 2.45) is 17.6 Å². The fourth-order valence-electron chi connectivity index (χ4n) is 2.34. The van der Waals surface area contributed by atoms with Crippen molar-refractivity contribution in [3.8, 4) is 0 Å². The molecule has 0 aromatic heterocycles. The Morgan fingerprint density at radius 3 is 2.50 bits per heavy atom. The number of nitrogens with two attached hydrogens (primary N) is 1. The summed E-state index contributed by atoms with van der Waals surface area (Å²) in [5, 5.41) is 1.15. The molecule has 1 rings (SSSR count). The Balaban J connectivity index is 2.51. The van der Waals surface area contributed by atoms with Gasteiger partial charge in [-0.15, -0.1) is 0 Å². The Labute approximate surface area is 131 Å². The molecule has 0 radical (unpaired) electrons. The smallest absolute Gasteiger partial charge is 0.137 e. The van der Waals surface area contributed by atoms with Crippen molar-refractivity contribution in [3.63, 3.8) is 0 Å². The van der Waals surface area contributed by atoms with E-state index in [4.69, 9.17) is 28.9 Å². The van der Waals surface area contributed by atoms with Gasteiger partial charge in [0.15, 0.2) is 0 Å². The van der Waals surface area contributed by atoms with Crippen LogP contribution in [0.1, 0.15) is 38.7 Å². The number of hydrogen-bond acceptors (Lipinski definition) is 2. The minimum absolute atomic E-state index is 0.219. The van der Waals surface area contributed by atoms with Crippen molar-refractivity contribution in [2.45, 2.75) is 39.5 Å². The molecule has 1 unspecified atom stereocenters. The van der Waals surface area contributed by atoms with Crippen molar-refractivity contribution in [2.75, 3.05) is 6.54 Å².